The van der Waals surface area contributed by atoms with Gasteiger partial charge in [0.1, 0.15) is 0 Å². The molecule has 1 aromatic rings. The number of methoxy groups -OCH3 is 1. The first-order chi connectivity index (χ1) is 6.80. The van der Waals surface area contributed by atoms with E-state index >= 15 is 0 Å². The summed E-state index contributed by atoms with van der Waals surface area (Å²) in [6, 6.07) is 8.17. The number of hydrogen-bond acceptors (Lipinski definition) is 3. The average Bonchev–Trinajstić information content (AvgIpc) is 3.00. The topological polar surface area (TPSA) is 41.5 Å². The van der Waals surface area contributed by atoms with Crippen LogP contribution in [0.25, 0.3) is 0 Å². The van der Waals surface area contributed by atoms with E-state index < -0.39 is 0 Å². The lowest BCUT2D eigenvalue weighted by Crippen LogP contribution is -2.10. The van der Waals surface area contributed by atoms with Gasteiger partial charge in [-0.15, -0.1) is 0 Å². The van der Waals surface area contributed by atoms with Gasteiger partial charge < -0.3 is 9.94 Å². The van der Waals surface area contributed by atoms with Crippen LogP contribution in [0.4, 0.5) is 0 Å². The van der Waals surface area contributed by atoms with Gasteiger partial charge in [-0.05, 0) is 24.0 Å². The highest BCUT2D eigenvalue weighted by molar-refractivity contribution is 5.31. The van der Waals surface area contributed by atoms with Crippen molar-refractivity contribution in [2.45, 2.75) is 25.0 Å². The minimum absolute atomic E-state index is 0.00876. The Morgan fingerprint density at radius 2 is 2.00 bits per heavy atom. The van der Waals surface area contributed by atoms with Gasteiger partial charge in [-0.1, -0.05) is 24.3 Å². The minimum Gasteiger partial charge on any atom is -0.374 e. The van der Waals surface area contributed by atoms with Crippen LogP contribution in [0, 0.1) is 0 Å². The molecular formula is C11H15NO2. The lowest BCUT2D eigenvalue weighted by atomic mass is 10.1. The first-order valence-corrected chi connectivity index (χ1v) is 4.82. The standard InChI is InChI=1S/C11H15NO2/c1-14-11(6-7-11)10-4-2-9(3-5-10)8-12-13/h2-5,12-13H,6-8H2,1H3. The molecule has 1 saturated carbocycles. The summed E-state index contributed by atoms with van der Waals surface area (Å²) < 4.78 is 5.47. The van der Waals surface area contributed by atoms with Crippen molar-refractivity contribution in [2.75, 3.05) is 7.11 Å². The van der Waals surface area contributed by atoms with Gasteiger partial charge in [0.2, 0.25) is 0 Å². The molecule has 0 radical (unpaired) electrons. The molecule has 0 atom stereocenters. The predicted molar refractivity (Wildman–Crippen MR) is 53.0 cm³/mol. The van der Waals surface area contributed by atoms with Crippen LogP contribution in [0.1, 0.15) is 24.0 Å². The van der Waals surface area contributed by atoms with E-state index in [1.807, 2.05) is 12.1 Å². The second-order valence-corrected chi connectivity index (χ2v) is 3.73. The van der Waals surface area contributed by atoms with Crippen molar-refractivity contribution in [2.24, 2.45) is 0 Å². The first kappa shape index (κ1) is 9.65. The lowest BCUT2D eigenvalue weighted by Gasteiger charge is -2.13. The van der Waals surface area contributed by atoms with Crippen LogP contribution >= 0.6 is 0 Å². The van der Waals surface area contributed by atoms with Crippen LogP contribution in [0.5, 0.6) is 0 Å². The molecule has 0 aromatic heterocycles. The van der Waals surface area contributed by atoms with Crippen LogP contribution < -0.4 is 5.48 Å². The number of hydrogen-bond donors (Lipinski definition) is 2. The molecule has 0 saturated heterocycles. The fraction of sp³-hybridized carbons (Fsp3) is 0.455. The summed E-state index contributed by atoms with van der Waals surface area (Å²) in [4.78, 5) is 0. The van der Waals surface area contributed by atoms with Crippen molar-refractivity contribution < 1.29 is 9.94 Å². The first-order valence-electron chi connectivity index (χ1n) is 4.82. The zero-order chi connectivity index (χ0) is 10.0. The lowest BCUT2D eigenvalue weighted by molar-refractivity contribution is 0.0789. The third kappa shape index (κ3) is 1.66. The molecular weight excluding hydrogens is 178 g/mol. The molecule has 0 aliphatic heterocycles. The molecule has 14 heavy (non-hydrogen) atoms. The summed E-state index contributed by atoms with van der Waals surface area (Å²) in [7, 11) is 1.76. The van der Waals surface area contributed by atoms with Crippen LogP contribution in [-0.2, 0) is 16.9 Å². The number of rotatable bonds is 4. The van der Waals surface area contributed by atoms with Gasteiger partial charge in [-0.2, -0.15) is 0 Å². The van der Waals surface area contributed by atoms with Gasteiger partial charge in [0.25, 0.3) is 0 Å². The van der Waals surface area contributed by atoms with Gasteiger partial charge in [0, 0.05) is 13.7 Å². The molecule has 76 valence electrons. The molecule has 2 rings (SSSR count). The Balaban J connectivity index is 2.14. The summed E-state index contributed by atoms with van der Waals surface area (Å²) in [5.74, 6) is 0. The third-order valence-corrected chi connectivity index (χ3v) is 2.86. The normalized spacial score (nSPS) is 18.1. The highest BCUT2D eigenvalue weighted by Crippen LogP contribution is 2.48. The largest absolute Gasteiger partial charge is 0.374 e. The van der Waals surface area contributed by atoms with Crippen molar-refractivity contribution in [1.82, 2.24) is 5.48 Å². The predicted octanol–water partition coefficient (Wildman–Crippen LogP) is 1.80. The minimum atomic E-state index is -0.00876. The van der Waals surface area contributed by atoms with Gasteiger partial charge >= 0.3 is 0 Å². The average molecular weight is 193 g/mol. The summed E-state index contributed by atoms with van der Waals surface area (Å²) in [5.41, 5.74) is 4.44. The van der Waals surface area contributed by atoms with Gasteiger partial charge in [-0.25, -0.2) is 5.48 Å². The maximum Gasteiger partial charge on any atom is 0.0929 e. The Morgan fingerprint density at radius 1 is 1.36 bits per heavy atom. The van der Waals surface area contributed by atoms with E-state index in [2.05, 4.69) is 17.6 Å². The highest BCUT2D eigenvalue weighted by atomic mass is 16.5. The van der Waals surface area contributed by atoms with Gasteiger partial charge in [-0.3, -0.25) is 0 Å². The molecule has 1 aromatic carbocycles. The van der Waals surface area contributed by atoms with E-state index in [9.17, 15) is 0 Å². The van der Waals surface area contributed by atoms with Gasteiger partial charge in [0.15, 0.2) is 0 Å². The molecule has 2 N–H and O–H groups in total. The van der Waals surface area contributed by atoms with Crippen LogP contribution in [0.3, 0.4) is 0 Å². The van der Waals surface area contributed by atoms with E-state index in [0.29, 0.717) is 6.54 Å². The molecule has 0 unspecified atom stereocenters. The van der Waals surface area contributed by atoms with Crippen molar-refractivity contribution in [1.29, 1.82) is 0 Å². The van der Waals surface area contributed by atoms with Crippen molar-refractivity contribution in [3.05, 3.63) is 35.4 Å². The number of benzene rings is 1. The molecule has 3 heteroatoms. The molecule has 0 spiro atoms. The number of nitrogens with one attached hydrogen (secondary N) is 1. The third-order valence-electron chi connectivity index (χ3n) is 2.86. The summed E-state index contributed by atoms with van der Waals surface area (Å²) in [5, 5.41) is 8.53. The van der Waals surface area contributed by atoms with Crippen LogP contribution in [-0.4, -0.2) is 12.3 Å². The van der Waals surface area contributed by atoms with Crippen LogP contribution in [0.2, 0.25) is 0 Å². The van der Waals surface area contributed by atoms with Crippen molar-refractivity contribution >= 4 is 0 Å². The SMILES string of the molecule is COC1(c2ccc(CNO)cc2)CC1. The fourth-order valence-corrected chi connectivity index (χ4v) is 1.74. The fourth-order valence-electron chi connectivity index (χ4n) is 1.74. The molecule has 0 amide bonds. The summed E-state index contributed by atoms with van der Waals surface area (Å²) >= 11 is 0. The van der Waals surface area contributed by atoms with Gasteiger partial charge in [0.05, 0.1) is 5.60 Å². The van der Waals surface area contributed by atoms with Crippen molar-refractivity contribution in [3.8, 4) is 0 Å². The second kappa shape index (κ2) is 3.69. The Morgan fingerprint density at radius 3 is 2.43 bits per heavy atom. The molecule has 1 aliphatic rings. The maximum atomic E-state index is 8.53. The van der Waals surface area contributed by atoms with Crippen molar-refractivity contribution in [3.63, 3.8) is 0 Å². The van der Waals surface area contributed by atoms with Crippen LogP contribution in [0.15, 0.2) is 24.3 Å². The van der Waals surface area contributed by atoms with E-state index in [-0.39, 0.29) is 5.60 Å². The maximum absolute atomic E-state index is 8.53. The number of ether oxygens (including phenoxy) is 1. The Kier molecular flexibility index (Phi) is 2.54. The monoisotopic (exact) mass is 193 g/mol. The van der Waals surface area contributed by atoms with E-state index in [1.165, 1.54) is 5.56 Å². The molecule has 1 fully saturated rings. The van der Waals surface area contributed by atoms with E-state index in [1.54, 1.807) is 7.11 Å². The zero-order valence-corrected chi connectivity index (χ0v) is 8.29. The Labute approximate surface area is 83.7 Å². The summed E-state index contributed by atoms with van der Waals surface area (Å²) in [6.45, 7) is 0.486. The quantitative estimate of drug-likeness (QED) is 0.716. The van der Waals surface area contributed by atoms with E-state index in [0.717, 1.165) is 18.4 Å². The molecule has 0 heterocycles. The summed E-state index contributed by atoms with van der Waals surface area (Å²) in [6.07, 6.45) is 2.22. The second-order valence-electron chi connectivity index (χ2n) is 3.73. The smallest absolute Gasteiger partial charge is 0.0929 e. The zero-order valence-electron chi connectivity index (χ0n) is 8.29. The molecule has 0 bridgehead atoms. The van der Waals surface area contributed by atoms with E-state index in [4.69, 9.17) is 9.94 Å². The Bertz CT molecular complexity index is 304. The number of hydroxylamine groups is 1. The molecule has 1 aliphatic carbocycles. The molecule has 3 nitrogen and oxygen atoms in total. The Hall–Kier alpha value is -0.900. The highest BCUT2D eigenvalue weighted by Gasteiger charge is 2.44.